The van der Waals surface area contributed by atoms with Crippen LogP contribution in [0, 0.1) is 17.7 Å². The molecule has 0 unspecified atom stereocenters. The van der Waals surface area contributed by atoms with Gasteiger partial charge in [-0.15, -0.1) is 0 Å². The van der Waals surface area contributed by atoms with E-state index >= 15 is 0 Å². The zero-order valence-electron chi connectivity index (χ0n) is 12.1. The van der Waals surface area contributed by atoms with Gasteiger partial charge in [-0.05, 0) is 23.6 Å². The third kappa shape index (κ3) is 3.51. The molecule has 0 aromatic heterocycles. The van der Waals surface area contributed by atoms with Gasteiger partial charge in [0.25, 0.3) is 0 Å². The minimum Gasteiger partial charge on any atom is -0.481 e. The summed E-state index contributed by atoms with van der Waals surface area (Å²) in [5.74, 6) is -1.73. The van der Waals surface area contributed by atoms with E-state index in [1.54, 1.807) is 24.1 Å². The molecule has 0 spiro atoms. The Morgan fingerprint density at radius 1 is 1.33 bits per heavy atom. The number of nitrogens with zero attached hydrogens (tertiary/aromatic N) is 2. The largest absolute Gasteiger partial charge is 0.481 e. The van der Waals surface area contributed by atoms with Crippen LogP contribution in [0.5, 0.6) is 0 Å². The summed E-state index contributed by atoms with van der Waals surface area (Å²) in [5.41, 5.74) is 0.828. The lowest BCUT2D eigenvalue weighted by Crippen LogP contribution is -2.40. The summed E-state index contributed by atoms with van der Waals surface area (Å²) in [6, 6.07) is 5.77. The number of halogens is 1. The lowest BCUT2D eigenvalue weighted by Gasteiger charge is -2.24. The normalized spacial score (nSPS) is 21.4. The highest BCUT2D eigenvalue weighted by Crippen LogP contribution is 2.24. The summed E-state index contributed by atoms with van der Waals surface area (Å²) in [7, 11) is 1.66. The van der Waals surface area contributed by atoms with E-state index in [1.165, 1.54) is 17.0 Å². The van der Waals surface area contributed by atoms with Crippen molar-refractivity contribution < 1.29 is 19.1 Å². The first kappa shape index (κ1) is 15.3. The van der Waals surface area contributed by atoms with Crippen LogP contribution in [0.4, 0.5) is 9.18 Å². The first-order valence-corrected chi connectivity index (χ1v) is 6.85. The maximum absolute atomic E-state index is 12.8. The van der Waals surface area contributed by atoms with Gasteiger partial charge in [-0.1, -0.05) is 19.1 Å². The molecule has 2 amide bonds. The predicted molar refractivity (Wildman–Crippen MR) is 75.1 cm³/mol. The van der Waals surface area contributed by atoms with Gasteiger partial charge in [0.05, 0.1) is 5.92 Å². The first-order valence-electron chi connectivity index (χ1n) is 6.85. The Balaban J connectivity index is 1.97. The molecule has 1 aromatic carbocycles. The Hall–Kier alpha value is -2.11. The Morgan fingerprint density at radius 3 is 2.48 bits per heavy atom. The van der Waals surface area contributed by atoms with Crippen molar-refractivity contribution in [3.05, 3.63) is 35.6 Å². The van der Waals surface area contributed by atoms with Crippen LogP contribution < -0.4 is 0 Å². The Kier molecular flexibility index (Phi) is 4.45. The van der Waals surface area contributed by atoms with Crippen LogP contribution in [0.25, 0.3) is 0 Å². The predicted octanol–water partition coefficient (Wildman–Crippen LogP) is 2.03. The van der Waals surface area contributed by atoms with Gasteiger partial charge in [-0.2, -0.15) is 0 Å². The summed E-state index contributed by atoms with van der Waals surface area (Å²) in [4.78, 5) is 26.5. The molecule has 1 fully saturated rings. The number of benzene rings is 1. The van der Waals surface area contributed by atoms with E-state index in [0.717, 1.165) is 5.56 Å². The second-order valence-corrected chi connectivity index (χ2v) is 5.59. The zero-order valence-corrected chi connectivity index (χ0v) is 12.1. The molecule has 1 saturated heterocycles. The van der Waals surface area contributed by atoms with Crippen molar-refractivity contribution in [3.63, 3.8) is 0 Å². The molecule has 0 saturated carbocycles. The molecule has 1 aliphatic rings. The van der Waals surface area contributed by atoms with Crippen LogP contribution >= 0.6 is 0 Å². The SMILES string of the molecule is C[C@@H]1CN(C(=O)N(C)Cc2ccc(F)cc2)C[C@H]1C(=O)O. The van der Waals surface area contributed by atoms with Crippen LogP contribution in [0.3, 0.4) is 0 Å². The quantitative estimate of drug-likeness (QED) is 0.928. The third-order valence-corrected chi connectivity index (χ3v) is 3.86. The van der Waals surface area contributed by atoms with Crippen molar-refractivity contribution >= 4 is 12.0 Å². The molecule has 2 rings (SSSR count). The molecular weight excluding hydrogens is 275 g/mol. The second kappa shape index (κ2) is 6.11. The van der Waals surface area contributed by atoms with Gasteiger partial charge in [0.2, 0.25) is 0 Å². The molecule has 21 heavy (non-hydrogen) atoms. The van der Waals surface area contributed by atoms with Crippen molar-refractivity contribution in [2.24, 2.45) is 11.8 Å². The van der Waals surface area contributed by atoms with E-state index in [4.69, 9.17) is 5.11 Å². The standard InChI is InChI=1S/C15H19FN2O3/c1-10-7-18(9-13(10)14(19)20)15(21)17(2)8-11-3-5-12(16)6-4-11/h3-6,10,13H,7-9H2,1-2H3,(H,19,20)/t10-,13-/m1/s1. The molecule has 1 N–H and O–H groups in total. The molecule has 0 bridgehead atoms. The van der Waals surface area contributed by atoms with Crippen molar-refractivity contribution in [2.75, 3.05) is 20.1 Å². The summed E-state index contributed by atoms with van der Waals surface area (Å²) in [6.07, 6.45) is 0. The number of urea groups is 1. The topological polar surface area (TPSA) is 60.9 Å². The minimum atomic E-state index is -0.862. The Labute approximate surface area is 123 Å². The zero-order chi connectivity index (χ0) is 15.6. The summed E-state index contributed by atoms with van der Waals surface area (Å²) < 4.78 is 12.8. The first-order chi connectivity index (χ1) is 9.88. The summed E-state index contributed by atoms with van der Waals surface area (Å²) in [5, 5.41) is 9.10. The number of likely N-dealkylation sites (tertiary alicyclic amines) is 1. The molecule has 1 aliphatic heterocycles. The lowest BCUT2D eigenvalue weighted by atomic mass is 9.99. The average molecular weight is 294 g/mol. The fraction of sp³-hybridized carbons (Fsp3) is 0.467. The summed E-state index contributed by atoms with van der Waals surface area (Å²) in [6.45, 7) is 2.89. The van der Waals surface area contributed by atoms with Crippen LogP contribution in [0.1, 0.15) is 12.5 Å². The van der Waals surface area contributed by atoms with E-state index in [2.05, 4.69) is 0 Å². The monoisotopic (exact) mass is 294 g/mol. The van der Waals surface area contributed by atoms with Crippen molar-refractivity contribution in [3.8, 4) is 0 Å². The van der Waals surface area contributed by atoms with Gasteiger partial charge in [0.15, 0.2) is 0 Å². The lowest BCUT2D eigenvalue weighted by molar-refractivity contribution is -0.142. The number of rotatable bonds is 3. The molecule has 0 aliphatic carbocycles. The van der Waals surface area contributed by atoms with Crippen LogP contribution in [-0.2, 0) is 11.3 Å². The number of aliphatic carboxylic acids is 1. The number of carboxylic acids is 1. The Bertz CT molecular complexity index is 532. The van der Waals surface area contributed by atoms with E-state index in [1.807, 2.05) is 6.92 Å². The molecule has 0 radical (unpaired) electrons. The highest BCUT2D eigenvalue weighted by Gasteiger charge is 2.37. The van der Waals surface area contributed by atoms with Crippen molar-refractivity contribution in [1.29, 1.82) is 0 Å². The van der Waals surface area contributed by atoms with E-state index in [-0.39, 0.29) is 24.3 Å². The molecule has 5 nitrogen and oxygen atoms in total. The number of carbonyl (C=O) groups excluding carboxylic acids is 1. The second-order valence-electron chi connectivity index (χ2n) is 5.59. The van der Waals surface area contributed by atoms with Crippen LogP contribution in [0.2, 0.25) is 0 Å². The smallest absolute Gasteiger partial charge is 0.320 e. The van der Waals surface area contributed by atoms with Gasteiger partial charge in [-0.25, -0.2) is 9.18 Å². The number of amides is 2. The van der Waals surface area contributed by atoms with Gasteiger partial charge < -0.3 is 14.9 Å². The van der Waals surface area contributed by atoms with Gasteiger partial charge in [-0.3, -0.25) is 4.79 Å². The van der Waals surface area contributed by atoms with Gasteiger partial charge >= 0.3 is 12.0 Å². The molecule has 114 valence electrons. The van der Waals surface area contributed by atoms with Gasteiger partial charge in [0.1, 0.15) is 5.82 Å². The van der Waals surface area contributed by atoms with Crippen molar-refractivity contribution in [1.82, 2.24) is 9.80 Å². The number of hydrogen-bond acceptors (Lipinski definition) is 2. The fourth-order valence-electron chi connectivity index (χ4n) is 2.62. The number of hydrogen-bond donors (Lipinski definition) is 1. The number of carbonyl (C=O) groups is 2. The molecule has 2 atom stereocenters. The minimum absolute atomic E-state index is 0.0503. The average Bonchev–Trinajstić information content (AvgIpc) is 2.82. The maximum atomic E-state index is 12.8. The highest BCUT2D eigenvalue weighted by molar-refractivity contribution is 5.77. The fourth-order valence-corrected chi connectivity index (χ4v) is 2.62. The van der Waals surface area contributed by atoms with E-state index in [9.17, 15) is 14.0 Å². The van der Waals surface area contributed by atoms with Crippen LogP contribution in [-0.4, -0.2) is 47.0 Å². The number of carboxylic acid groups (broad SMARTS) is 1. The maximum Gasteiger partial charge on any atom is 0.320 e. The molecular formula is C15H19FN2O3. The van der Waals surface area contributed by atoms with Crippen LogP contribution in [0.15, 0.2) is 24.3 Å². The van der Waals surface area contributed by atoms with Gasteiger partial charge in [0, 0.05) is 26.7 Å². The van der Waals surface area contributed by atoms with E-state index < -0.39 is 11.9 Å². The Morgan fingerprint density at radius 2 is 1.95 bits per heavy atom. The summed E-state index contributed by atoms with van der Waals surface area (Å²) >= 11 is 0. The highest BCUT2D eigenvalue weighted by atomic mass is 19.1. The molecule has 1 heterocycles. The third-order valence-electron chi connectivity index (χ3n) is 3.86. The van der Waals surface area contributed by atoms with E-state index in [0.29, 0.717) is 13.1 Å². The molecule has 6 heteroatoms. The molecule has 1 aromatic rings. The van der Waals surface area contributed by atoms with Crippen molar-refractivity contribution in [2.45, 2.75) is 13.5 Å².